The van der Waals surface area contributed by atoms with Gasteiger partial charge in [0, 0.05) is 6.54 Å². The Bertz CT molecular complexity index is 128. The van der Waals surface area contributed by atoms with Gasteiger partial charge in [0.15, 0.2) is 0 Å². The molecule has 0 aromatic rings. The molecule has 0 amide bonds. The van der Waals surface area contributed by atoms with Gasteiger partial charge >= 0.3 is 0 Å². The van der Waals surface area contributed by atoms with Gasteiger partial charge in [-0.25, -0.2) is 0 Å². The van der Waals surface area contributed by atoms with Crippen LogP contribution < -0.4 is 5.32 Å². The summed E-state index contributed by atoms with van der Waals surface area (Å²) in [6.07, 6.45) is 7.11. The van der Waals surface area contributed by atoms with E-state index in [4.69, 9.17) is 6.42 Å². The molecule has 0 saturated heterocycles. The van der Waals surface area contributed by atoms with Crippen molar-refractivity contribution in [2.75, 3.05) is 13.1 Å². The molecule has 0 unspecified atom stereocenters. The van der Waals surface area contributed by atoms with Crippen molar-refractivity contribution in [1.82, 2.24) is 5.32 Å². The summed E-state index contributed by atoms with van der Waals surface area (Å²) in [6, 6.07) is 0. The maximum atomic E-state index is 5.11. The van der Waals surface area contributed by atoms with Gasteiger partial charge in [0.2, 0.25) is 0 Å². The van der Waals surface area contributed by atoms with E-state index in [1.165, 1.54) is 0 Å². The lowest BCUT2D eigenvalue weighted by Crippen LogP contribution is -2.11. The van der Waals surface area contributed by atoms with Crippen LogP contribution >= 0.6 is 0 Å². The molecule has 1 heteroatoms. The summed E-state index contributed by atoms with van der Waals surface area (Å²) in [4.78, 5) is 0. The first-order valence-corrected chi connectivity index (χ1v) is 3.15. The first-order valence-electron chi connectivity index (χ1n) is 3.15. The lowest BCUT2D eigenvalue weighted by atomic mass is 10.3. The Kier molecular flexibility index (Phi) is 4.95. The Hall–Kier alpha value is -0.740. The average Bonchev–Trinajstić information content (AvgIpc) is 1.89. The van der Waals surface area contributed by atoms with E-state index in [-0.39, 0.29) is 0 Å². The predicted molar refractivity (Wildman–Crippen MR) is 41.1 cm³/mol. The molecule has 0 aliphatic carbocycles. The van der Waals surface area contributed by atoms with Crippen LogP contribution in [-0.2, 0) is 0 Å². The van der Waals surface area contributed by atoms with E-state index in [1.807, 2.05) is 13.0 Å². The first kappa shape index (κ1) is 8.26. The van der Waals surface area contributed by atoms with Gasteiger partial charge in [0.1, 0.15) is 0 Å². The number of rotatable bonds is 3. The van der Waals surface area contributed by atoms with Crippen molar-refractivity contribution in [2.45, 2.75) is 13.8 Å². The summed E-state index contributed by atoms with van der Waals surface area (Å²) in [5.41, 5.74) is 0.996. The van der Waals surface area contributed by atoms with Crippen LogP contribution in [0, 0.1) is 12.3 Å². The number of hydrogen-bond donors (Lipinski definition) is 1. The van der Waals surface area contributed by atoms with Gasteiger partial charge in [0.05, 0.1) is 0 Å². The summed E-state index contributed by atoms with van der Waals surface area (Å²) in [7, 11) is 0. The molecule has 0 radical (unpaired) electrons. The zero-order valence-corrected chi connectivity index (χ0v) is 6.07. The second kappa shape index (κ2) is 5.40. The first-order chi connectivity index (χ1) is 4.31. The fourth-order valence-electron chi connectivity index (χ4n) is 0.429. The van der Waals surface area contributed by atoms with Crippen LogP contribution in [0.5, 0.6) is 0 Å². The molecule has 0 spiro atoms. The van der Waals surface area contributed by atoms with Gasteiger partial charge in [0.25, 0.3) is 0 Å². The standard InChI is InChI=1S/C8H13N/c1-4-8(3)6-7-9-5-2/h1,6,9H,5,7H2,2-3H3. The largest absolute Gasteiger partial charge is 0.314 e. The van der Waals surface area contributed by atoms with Crippen LogP contribution in [0.15, 0.2) is 11.6 Å². The van der Waals surface area contributed by atoms with Crippen molar-refractivity contribution in [3.8, 4) is 12.3 Å². The van der Waals surface area contributed by atoms with Gasteiger partial charge in [-0.1, -0.05) is 18.9 Å². The summed E-state index contributed by atoms with van der Waals surface area (Å²) < 4.78 is 0. The minimum Gasteiger partial charge on any atom is -0.314 e. The number of hydrogen-bond acceptors (Lipinski definition) is 1. The molecule has 50 valence electrons. The van der Waals surface area contributed by atoms with Gasteiger partial charge in [-0.2, -0.15) is 0 Å². The molecule has 1 N–H and O–H groups in total. The predicted octanol–water partition coefficient (Wildman–Crippen LogP) is 1.18. The monoisotopic (exact) mass is 123 g/mol. The molecule has 0 bridgehead atoms. The van der Waals surface area contributed by atoms with Crippen LogP contribution in [0.4, 0.5) is 0 Å². The Morgan fingerprint density at radius 3 is 2.89 bits per heavy atom. The highest BCUT2D eigenvalue weighted by atomic mass is 14.8. The fraction of sp³-hybridized carbons (Fsp3) is 0.500. The maximum absolute atomic E-state index is 5.11. The zero-order chi connectivity index (χ0) is 7.11. The van der Waals surface area contributed by atoms with E-state index in [2.05, 4.69) is 18.2 Å². The Balaban J connectivity index is 3.35. The Morgan fingerprint density at radius 1 is 1.78 bits per heavy atom. The molecule has 0 aromatic heterocycles. The van der Waals surface area contributed by atoms with E-state index >= 15 is 0 Å². The summed E-state index contributed by atoms with van der Waals surface area (Å²) in [5.74, 6) is 2.54. The third kappa shape index (κ3) is 5.13. The molecule has 0 rings (SSSR count). The number of allylic oxidation sites excluding steroid dienone is 1. The second-order valence-corrected chi connectivity index (χ2v) is 1.84. The maximum Gasteiger partial charge on any atom is 0.0146 e. The summed E-state index contributed by atoms with van der Waals surface area (Å²) in [6.45, 7) is 5.87. The van der Waals surface area contributed by atoms with Crippen molar-refractivity contribution in [3.05, 3.63) is 11.6 Å². The molecule has 1 nitrogen and oxygen atoms in total. The highest BCUT2D eigenvalue weighted by Gasteiger charge is 1.78. The lowest BCUT2D eigenvalue weighted by molar-refractivity contribution is 0.797. The van der Waals surface area contributed by atoms with Crippen molar-refractivity contribution >= 4 is 0 Å². The van der Waals surface area contributed by atoms with Gasteiger partial charge < -0.3 is 5.32 Å². The summed E-state index contributed by atoms with van der Waals surface area (Å²) in [5, 5.41) is 3.14. The summed E-state index contributed by atoms with van der Waals surface area (Å²) >= 11 is 0. The van der Waals surface area contributed by atoms with E-state index in [9.17, 15) is 0 Å². The zero-order valence-electron chi connectivity index (χ0n) is 6.07. The third-order valence-corrected chi connectivity index (χ3v) is 1.03. The molecular formula is C8H13N. The molecule has 0 heterocycles. The third-order valence-electron chi connectivity index (χ3n) is 1.03. The molecule has 9 heavy (non-hydrogen) atoms. The van der Waals surface area contributed by atoms with Crippen LogP contribution in [0.25, 0.3) is 0 Å². The van der Waals surface area contributed by atoms with E-state index in [1.54, 1.807) is 0 Å². The van der Waals surface area contributed by atoms with E-state index in [0.29, 0.717) is 0 Å². The molecule has 0 aromatic carbocycles. The lowest BCUT2D eigenvalue weighted by Gasteiger charge is -1.92. The van der Waals surface area contributed by atoms with Gasteiger partial charge in [-0.05, 0) is 19.0 Å². The quantitative estimate of drug-likeness (QED) is 0.439. The second-order valence-electron chi connectivity index (χ2n) is 1.84. The molecule has 0 saturated carbocycles. The number of likely N-dealkylation sites (N-methyl/N-ethyl adjacent to an activating group) is 1. The van der Waals surface area contributed by atoms with Crippen molar-refractivity contribution in [2.24, 2.45) is 0 Å². The van der Waals surface area contributed by atoms with Crippen LogP contribution in [0.1, 0.15) is 13.8 Å². The van der Waals surface area contributed by atoms with Gasteiger partial charge in [-0.3, -0.25) is 0 Å². The van der Waals surface area contributed by atoms with E-state index < -0.39 is 0 Å². The topological polar surface area (TPSA) is 12.0 Å². The number of terminal acetylenes is 1. The molecule has 0 atom stereocenters. The van der Waals surface area contributed by atoms with Crippen molar-refractivity contribution in [1.29, 1.82) is 0 Å². The van der Waals surface area contributed by atoms with Crippen molar-refractivity contribution in [3.63, 3.8) is 0 Å². The van der Waals surface area contributed by atoms with Crippen LogP contribution in [0.2, 0.25) is 0 Å². The Morgan fingerprint density at radius 2 is 2.44 bits per heavy atom. The average molecular weight is 123 g/mol. The van der Waals surface area contributed by atoms with Gasteiger partial charge in [-0.15, -0.1) is 6.42 Å². The van der Waals surface area contributed by atoms with Crippen LogP contribution in [-0.4, -0.2) is 13.1 Å². The highest BCUT2D eigenvalue weighted by Crippen LogP contribution is 1.84. The minimum atomic E-state index is 0.881. The van der Waals surface area contributed by atoms with Crippen LogP contribution in [0.3, 0.4) is 0 Å². The number of nitrogens with one attached hydrogen (secondary N) is 1. The molecular weight excluding hydrogens is 110 g/mol. The Labute approximate surface area is 57.2 Å². The smallest absolute Gasteiger partial charge is 0.0146 e. The minimum absolute atomic E-state index is 0.881. The molecule has 0 aliphatic heterocycles. The molecule has 0 fully saturated rings. The highest BCUT2D eigenvalue weighted by molar-refractivity contribution is 5.22. The SMILES string of the molecule is C#CC(C)=CCNCC. The molecule has 0 aliphatic rings. The van der Waals surface area contributed by atoms with E-state index in [0.717, 1.165) is 18.7 Å². The fourth-order valence-corrected chi connectivity index (χ4v) is 0.429. The normalized spacial score (nSPS) is 11.0. The van der Waals surface area contributed by atoms with Crippen molar-refractivity contribution < 1.29 is 0 Å².